The Balaban J connectivity index is 2.39. The summed E-state index contributed by atoms with van der Waals surface area (Å²) in [6.07, 6.45) is -1.12. The second-order valence-corrected chi connectivity index (χ2v) is 5.29. The summed E-state index contributed by atoms with van der Waals surface area (Å²) in [5, 5.41) is 3.37. The van der Waals surface area contributed by atoms with Crippen LogP contribution < -0.4 is 5.32 Å². The lowest BCUT2D eigenvalue weighted by atomic mass is 10.1. The fraction of sp³-hybridized carbons (Fsp3) is 0.308. The van der Waals surface area contributed by atoms with Crippen molar-refractivity contribution in [2.75, 3.05) is 7.05 Å². The van der Waals surface area contributed by atoms with Gasteiger partial charge in [0.15, 0.2) is 5.16 Å². The predicted molar refractivity (Wildman–Crippen MR) is 71.5 cm³/mol. The summed E-state index contributed by atoms with van der Waals surface area (Å²) in [7, 11) is 3.45. The van der Waals surface area contributed by atoms with Crippen LogP contribution in [0.4, 0.5) is 13.2 Å². The molecule has 0 saturated heterocycles. The highest BCUT2D eigenvalue weighted by atomic mass is 32.2. The van der Waals surface area contributed by atoms with Crippen molar-refractivity contribution >= 4 is 11.8 Å². The van der Waals surface area contributed by atoms with Crippen LogP contribution in [0, 0.1) is 0 Å². The van der Waals surface area contributed by atoms with Crippen LogP contribution in [0.2, 0.25) is 0 Å². The molecule has 2 aromatic rings. The van der Waals surface area contributed by atoms with Crippen molar-refractivity contribution in [3.05, 3.63) is 41.7 Å². The molecule has 0 unspecified atom stereocenters. The van der Waals surface area contributed by atoms with Crippen LogP contribution in [0.1, 0.15) is 11.1 Å². The van der Waals surface area contributed by atoms with Gasteiger partial charge in [0.25, 0.3) is 0 Å². The molecule has 0 fully saturated rings. The van der Waals surface area contributed by atoms with Gasteiger partial charge in [0.05, 0.1) is 5.56 Å². The number of halogens is 3. The molecule has 1 heterocycles. The third-order valence-electron chi connectivity index (χ3n) is 2.71. The fourth-order valence-electron chi connectivity index (χ4n) is 1.75. The zero-order valence-electron chi connectivity index (χ0n) is 11.0. The molecule has 0 radical (unpaired) electrons. The zero-order valence-corrected chi connectivity index (χ0v) is 11.8. The van der Waals surface area contributed by atoms with Crippen LogP contribution >= 0.6 is 11.8 Å². The molecule has 0 aliphatic carbocycles. The molecule has 0 amide bonds. The van der Waals surface area contributed by atoms with Crippen LogP contribution in [0.15, 0.2) is 40.6 Å². The predicted octanol–water partition coefficient (Wildman–Crippen LogP) is 3.31. The number of alkyl halides is 3. The molecule has 7 heteroatoms. The molecule has 0 aliphatic heterocycles. The van der Waals surface area contributed by atoms with Gasteiger partial charge in [-0.1, -0.05) is 17.8 Å². The number of aromatic nitrogens is 2. The number of nitrogens with zero attached hydrogens (tertiary/aromatic N) is 2. The highest BCUT2D eigenvalue weighted by Crippen LogP contribution is 2.39. The van der Waals surface area contributed by atoms with E-state index in [1.165, 1.54) is 12.1 Å². The molecule has 1 N–H and O–H groups in total. The van der Waals surface area contributed by atoms with Crippen molar-refractivity contribution in [2.45, 2.75) is 22.8 Å². The van der Waals surface area contributed by atoms with Gasteiger partial charge < -0.3 is 9.88 Å². The molecular formula is C13H14F3N3S. The van der Waals surface area contributed by atoms with Gasteiger partial charge >= 0.3 is 6.18 Å². The third-order valence-corrected chi connectivity index (χ3v) is 3.86. The molecule has 3 nitrogen and oxygen atoms in total. The van der Waals surface area contributed by atoms with Gasteiger partial charge in [0.2, 0.25) is 0 Å². The van der Waals surface area contributed by atoms with Crippen molar-refractivity contribution < 1.29 is 13.2 Å². The summed E-state index contributed by atoms with van der Waals surface area (Å²) in [5.74, 6) is 0. The van der Waals surface area contributed by atoms with Crippen molar-refractivity contribution in [1.29, 1.82) is 0 Å². The highest BCUT2D eigenvalue weighted by Gasteiger charge is 2.34. The monoisotopic (exact) mass is 301 g/mol. The number of imidazole rings is 1. The lowest BCUT2D eigenvalue weighted by Gasteiger charge is -2.14. The minimum Gasteiger partial charge on any atom is -0.329 e. The molecule has 0 saturated carbocycles. The van der Waals surface area contributed by atoms with Crippen molar-refractivity contribution in [3.8, 4) is 0 Å². The lowest BCUT2D eigenvalue weighted by molar-refractivity contribution is -0.139. The molecule has 108 valence electrons. The molecule has 1 aromatic heterocycles. The Morgan fingerprint density at radius 3 is 2.65 bits per heavy atom. The van der Waals surface area contributed by atoms with E-state index in [0.29, 0.717) is 17.3 Å². The van der Waals surface area contributed by atoms with Gasteiger partial charge in [0.1, 0.15) is 0 Å². The summed E-state index contributed by atoms with van der Waals surface area (Å²) in [5.41, 5.74) is -0.0257. The van der Waals surface area contributed by atoms with Gasteiger partial charge in [-0.3, -0.25) is 0 Å². The summed E-state index contributed by atoms with van der Waals surface area (Å²) in [4.78, 5) is 4.20. The van der Waals surface area contributed by atoms with Crippen LogP contribution in [0.3, 0.4) is 0 Å². The van der Waals surface area contributed by atoms with Crippen molar-refractivity contribution in [3.63, 3.8) is 0 Å². The minimum atomic E-state index is -4.38. The van der Waals surface area contributed by atoms with Crippen molar-refractivity contribution in [2.24, 2.45) is 7.05 Å². The Bertz CT molecular complexity index is 593. The highest BCUT2D eigenvalue weighted by molar-refractivity contribution is 7.99. The van der Waals surface area contributed by atoms with Gasteiger partial charge in [0, 0.05) is 30.9 Å². The Hall–Kier alpha value is -1.47. The number of benzene rings is 1. The van der Waals surface area contributed by atoms with E-state index in [1.54, 1.807) is 37.1 Å². The van der Waals surface area contributed by atoms with E-state index in [0.717, 1.165) is 11.8 Å². The van der Waals surface area contributed by atoms with E-state index in [9.17, 15) is 13.2 Å². The molecule has 0 aliphatic rings. The first-order valence-corrected chi connectivity index (χ1v) is 6.73. The van der Waals surface area contributed by atoms with Gasteiger partial charge in [-0.05, 0) is 24.7 Å². The van der Waals surface area contributed by atoms with Crippen LogP contribution in [-0.2, 0) is 19.8 Å². The summed E-state index contributed by atoms with van der Waals surface area (Å²) < 4.78 is 41.1. The van der Waals surface area contributed by atoms with Crippen LogP contribution in [-0.4, -0.2) is 16.6 Å². The van der Waals surface area contributed by atoms with E-state index in [1.807, 2.05) is 0 Å². The van der Waals surface area contributed by atoms with E-state index in [-0.39, 0.29) is 4.90 Å². The molecular weight excluding hydrogens is 287 g/mol. The lowest BCUT2D eigenvalue weighted by Crippen LogP contribution is -2.10. The van der Waals surface area contributed by atoms with Gasteiger partial charge in [-0.25, -0.2) is 4.98 Å². The standard InChI is InChI=1S/C13H14F3N3S/c1-17-8-9-3-4-11(10(7-9)13(14,15)16)20-12-18-5-6-19(12)2/h3-7,17H,8H2,1-2H3. The minimum absolute atomic E-state index is 0.159. The topological polar surface area (TPSA) is 29.9 Å². The van der Waals surface area contributed by atoms with Crippen LogP contribution in [0.5, 0.6) is 0 Å². The Morgan fingerprint density at radius 2 is 2.10 bits per heavy atom. The van der Waals surface area contributed by atoms with Gasteiger partial charge in [-0.2, -0.15) is 13.2 Å². The summed E-state index contributed by atoms with van der Waals surface area (Å²) in [6.45, 7) is 0.399. The number of rotatable bonds is 4. The second-order valence-electron chi connectivity index (χ2n) is 4.28. The normalized spacial score (nSPS) is 11.8. The first-order valence-electron chi connectivity index (χ1n) is 5.91. The molecule has 20 heavy (non-hydrogen) atoms. The first-order chi connectivity index (χ1) is 9.41. The van der Waals surface area contributed by atoms with Crippen molar-refractivity contribution in [1.82, 2.24) is 14.9 Å². The van der Waals surface area contributed by atoms with Gasteiger partial charge in [-0.15, -0.1) is 0 Å². The number of aryl methyl sites for hydroxylation is 1. The number of nitrogens with one attached hydrogen (secondary N) is 1. The molecule has 0 spiro atoms. The summed E-state index contributed by atoms with van der Waals surface area (Å²) in [6, 6.07) is 4.37. The van der Waals surface area contributed by atoms with E-state index in [2.05, 4.69) is 10.3 Å². The third kappa shape index (κ3) is 3.34. The van der Waals surface area contributed by atoms with E-state index >= 15 is 0 Å². The smallest absolute Gasteiger partial charge is 0.329 e. The number of hydrogen-bond acceptors (Lipinski definition) is 3. The molecule has 0 bridgehead atoms. The maximum Gasteiger partial charge on any atom is 0.417 e. The SMILES string of the molecule is CNCc1ccc(Sc2nccn2C)c(C(F)(F)F)c1. The Morgan fingerprint density at radius 1 is 1.35 bits per heavy atom. The first kappa shape index (κ1) is 14.9. The largest absolute Gasteiger partial charge is 0.417 e. The number of hydrogen-bond donors (Lipinski definition) is 1. The average Bonchev–Trinajstić information content (AvgIpc) is 2.76. The Labute approximate surface area is 119 Å². The fourth-order valence-corrected chi connectivity index (χ4v) is 2.69. The maximum absolute atomic E-state index is 13.1. The second kappa shape index (κ2) is 5.88. The average molecular weight is 301 g/mol. The molecule has 0 atom stereocenters. The van der Waals surface area contributed by atoms with Crippen LogP contribution in [0.25, 0.3) is 0 Å². The van der Waals surface area contributed by atoms with E-state index in [4.69, 9.17) is 0 Å². The Kier molecular flexibility index (Phi) is 4.39. The van der Waals surface area contributed by atoms with E-state index < -0.39 is 11.7 Å². The maximum atomic E-state index is 13.1. The molecule has 2 rings (SSSR count). The zero-order chi connectivity index (χ0) is 14.8. The molecule has 1 aromatic carbocycles. The quantitative estimate of drug-likeness (QED) is 0.939. The summed E-state index contributed by atoms with van der Waals surface area (Å²) >= 11 is 1.01.